The van der Waals surface area contributed by atoms with Crippen LogP contribution in [-0.2, 0) is 16.4 Å². The third-order valence-electron chi connectivity index (χ3n) is 6.38. The van der Waals surface area contributed by atoms with Gasteiger partial charge in [-0.15, -0.1) is 0 Å². The molecule has 1 unspecified atom stereocenters. The minimum Gasteiger partial charge on any atom is -0.333 e. The molecule has 1 aromatic heterocycles. The van der Waals surface area contributed by atoms with Gasteiger partial charge in [-0.2, -0.15) is 0 Å². The molecule has 0 spiro atoms. The largest absolute Gasteiger partial charge is 0.333 e. The fraction of sp³-hybridized carbons (Fsp3) is 0.179. The van der Waals surface area contributed by atoms with Crippen LogP contribution in [0.1, 0.15) is 28.3 Å². The second-order valence-electron chi connectivity index (χ2n) is 9.20. The Bertz CT molecular complexity index is 1520. The molecule has 1 fully saturated rings. The van der Waals surface area contributed by atoms with Gasteiger partial charge in [0.25, 0.3) is 0 Å². The van der Waals surface area contributed by atoms with Crippen LogP contribution in [0.3, 0.4) is 0 Å². The Morgan fingerprint density at radius 3 is 2.11 bits per heavy atom. The fourth-order valence-electron chi connectivity index (χ4n) is 4.79. The van der Waals surface area contributed by atoms with E-state index in [-0.39, 0.29) is 16.5 Å². The van der Waals surface area contributed by atoms with E-state index in [9.17, 15) is 17.2 Å². The number of sulfone groups is 1. The van der Waals surface area contributed by atoms with Gasteiger partial charge in [0, 0.05) is 49.4 Å². The number of benzene rings is 3. The molecule has 5 rings (SSSR count). The van der Waals surface area contributed by atoms with Crippen LogP contribution in [0.15, 0.2) is 91.0 Å². The summed E-state index contributed by atoms with van der Waals surface area (Å²) in [6, 6.07) is 18.5. The van der Waals surface area contributed by atoms with E-state index < -0.39 is 21.5 Å². The van der Waals surface area contributed by atoms with Crippen LogP contribution >= 0.6 is 11.6 Å². The average Bonchev–Trinajstić information content (AvgIpc) is 3.31. The van der Waals surface area contributed by atoms with Gasteiger partial charge < -0.3 is 4.57 Å². The molecule has 2 heterocycles. The van der Waals surface area contributed by atoms with E-state index in [1.165, 1.54) is 0 Å². The lowest BCUT2D eigenvalue weighted by molar-refractivity contribution is 0.203. The minimum absolute atomic E-state index is 0.0207. The van der Waals surface area contributed by atoms with Crippen LogP contribution in [0, 0.1) is 11.6 Å². The van der Waals surface area contributed by atoms with Crippen molar-refractivity contribution < 1.29 is 17.2 Å². The molecule has 5 nitrogen and oxygen atoms in total. The lowest BCUT2D eigenvalue weighted by Crippen LogP contribution is -2.44. The van der Waals surface area contributed by atoms with Gasteiger partial charge in [-0.1, -0.05) is 48.0 Å². The second-order valence-corrected chi connectivity index (χ2v) is 11.6. The molecule has 3 aromatic carbocycles. The second kappa shape index (κ2) is 10.2. The SMILES string of the molecule is CS(=O)(=O)C(=C1CN(C(c2ccc(Cl)cc2)c2ccc(Cn3ccnc3)cc2)C1)c1cc(F)cc(F)c1. The Balaban J connectivity index is 1.48. The number of halogens is 3. The predicted molar refractivity (Wildman–Crippen MR) is 141 cm³/mol. The number of hydrogen-bond acceptors (Lipinski definition) is 4. The number of nitrogens with zero attached hydrogens (tertiary/aromatic N) is 3. The number of imidazole rings is 1. The molecule has 1 saturated heterocycles. The van der Waals surface area contributed by atoms with Gasteiger partial charge in [0.1, 0.15) is 11.6 Å². The third-order valence-corrected chi connectivity index (χ3v) is 7.89. The number of likely N-dealkylation sites (tertiary alicyclic amines) is 1. The number of aromatic nitrogens is 2. The summed E-state index contributed by atoms with van der Waals surface area (Å²) < 4.78 is 55.1. The topological polar surface area (TPSA) is 55.2 Å². The Kier molecular flexibility index (Phi) is 6.98. The van der Waals surface area contributed by atoms with E-state index >= 15 is 0 Å². The van der Waals surface area contributed by atoms with Crippen molar-refractivity contribution in [1.29, 1.82) is 0 Å². The molecule has 1 aliphatic heterocycles. The van der Waals surface area contributed by atoms with Crippen LogP contribution in [0.25, 0.3) is 4.91 Å². The Morgan fingerprint density at radius 2 is 1.57 bits per heavy atom. The van der Waals surface area contributed by atoms with Crippen molar-refractivity contribution in [1.82, 2.24) is 14.5 Å². The Hall–Kier alpha value is -3.33. The lowest BCUT2D eigenvalue weighted by atomic mass is 9.91. The van der Waals surface area contributed by atoms with E-state index in [1.807, 2.05) is 35.0 Å². The average molecular weight is 540 g/mol. The molecule has 0 radical (unpaired) electrons. The van der Waals surface area contributed by atoms with Crippen LogP contribution in [0.4, 0.5) is 8.78 Å². The van der Waals surface area contributed by atoms with Crippen molar-refractivity contribution >= 4 is 26.3 Å². The third kappa shape index (κ3) is 5.66. The van der Waals surface area contributed by atoms with Gasteiger partial charge in [-0.05, 0) is 52.1 Å². The molecule has 0 aliphatic carbocycles. The summed E-state index contributed by atoms with van der Waals surface area (Å²) >= 11 is 6.13. The van der Waals surface area contributed by atoms with E-state index in [2.05, 4.69) is 34.1 Å². The van der Waals surface area contributed by atoms with Gasteiger partial charge in [0.2, 0.25) is 0 Å². The summed E-state index contributed by atoms with van der Waals surface area (Å²) in [4.78, 5) is 6.19. The van der Waals surface area contributed by atoms with Gasteiger partial charge in [-0.3, -0.25) is 4.90 Å². The molecule has 0 saturated carbocycles. The summed E-state index contributed by atoms with van der Waals surface area (Å²) in [5.74, 6) is -1.63. The summed E-state index contributed by atoms with van der Waals surface area (Å²) in [6.45, 7) is 1.37. The van der Waals surface area contributed by atoms with Crippen LogP contribution in [0.2, 0.25) is 5.02 Å². The maximum atomic E-state index is 13.9. The first kappa shape index (κ1) is 25.3. The van der Waals surface area contributed by atoms with E-state index in [0.29, 0.717) is 30.2 Å². The summed E-state index contributed by atoms with van der Waals surface area (Å²) in [7, 11) is -3.73. The highest BCUT2D eigenvalue weighted by molar-refractivity contribution is 8.00. The first-order valence-electron chi connectivity index (χ1n) is 11.6. The highest BCUT2D eigenvalue weighted by atomic mass is 35.5. The normalized spacial score (nSPS) is 14.9. The minimum atomic E-state index is -3.73. The maximum absolute atomic E-state index is 13.9. The molecule has 0 bridgehead atoms. The zero-order valence-corrected chi connectivity index (χ0v) is 21.6. The van der Waals surface area contributed by atoms with Crippen molar-refractivity contribution in [2.45, 2.75) is 12.6 Å². The molecule has 1 aliphatic rings. The highest BCUT2D eigenvalue weighted by Gasteiger charge is 2.35. The maximum Gasteiger partial charge on any atom is 0.176 e. The fourth-order valence-corrected chi connectivity index (χ4v) is 6.12. The van der Waals surface area contributed by atoms with Crippen molar-refractivity contribution in [3.05, 3.63) is 130 Å². The van der Waals surface area contributed by atoms with Crippen LogP contribution in [-0.4, -0.2) is 42.2 Å². The number of hydrogen-bond donors (Lipinski definition) is 0. The van der Waals surface area contributed by atoms with Gasteiger partial charge >= 0.3 is 0 Å². The summed E-state index contributed by atoms with van der Waals surface area (Å²) in [6.07, 6.45) is 6.48. The van der Waals surface area contributed by atoms with Gasteiger partial charge in [0.15, 0.2) is 9.84 Å². The van der Waals surface area contributed by atoms with Crippen molar-refractivity contribution in [2.75, 3.05) is 19.3 Å². The molecule has 1 atom stereocenters. The van der Waals surface area contributed by atoms with Crippen molar-refractivity contribution in [3.8, 4) is 0 Å². The molecule has 37 heavy (non-hydrogen) atoms. The summed E-state index contributed by atoms with van der Waals surface area (Å²) in [5, 5.41) is 0.620. The Morgan fingerprint density at radius 1 is 0.973 bits per heavy atom. The predicted octanol–water partition coefficient (Wildman–Crippen LogP) is 5.72. The standard InChI is InChI=1S/C28H24ClF2N3O2S/c1-37(35,36)28(22-12-25(30)14-26(31)13-22)23-16-34(17-23)27(21-6-8-24(29)9-7-21)20-4-2-19(3-5-20)15-33-11-10-32-18-33/h2-14,18,27H,15-17H2,1H3. The number of rotatable bonds is 7. The van der Waals surface area contributed by atoms with Gasteiger partial charge in [0.05, 0.1) is 17.3 Å². The van der Waals surface area contributed by atoms with E-state index in [1.54, 1.807) is 12.5 Å². The molecular formula is C28H24ClF2N3O2S. The van der Waals surface area contributed by atoms with Crippen molar-refractivity contribution in [3.63, 3.8) is 0 Å². The van der Waals surface area contributed by atoms with Crippen LogP contribution < -0.4 is 0 Å². The molecule has 190 valence electrons. The lowest BCUT2D eigenvalue weighted by Gasteiger charge is -2.42. The highest BCUT2D eigenvalue weighted by Crippen LogP contribution is 2.38. The van der Waals surface area contributed by atoms with Crippen LogP contribution in [0.5, 0.6) is 0 Å². The van der Waals surface area contributed by atoms with E-state index in [4.69, 9.17) is 11.6 Å². The monoisotopic (exact) mass is 539 g/mol. The first-order valence-corrected chi connectivity index (χ1v) is 13.9. The molecule has 4 aromatic rings. The molecule has 0 N–H and O–H groups in total. The zero-order valence-electron chi connectivity index (χ0n) is 20.0. The first-order chi connectivity index (χ1) is 17.7. The van der Waals surface area contributed by atoms with Crippen molar-refractivity contribution in [2.24, 2.45) is 0 Å². The van der Waals surface area contributed by atoms with E-state index in [0.717, 1.165) is 41.1 Å². The molecule has 9 heteroatoms. The molecule has 0 amide bonds. The smallest absolute Gasteiger partial charge is 0.176 e. The van der Waals surface area contributed by atoms with Gasteiger partial charge in [-0.25, -0.2) is 22.2 Å². The molecular weight excluding hydrogens is 516 g/mol. The zero-order chi connectivity index (χ0) is 26.2. The summed E-state index contributed by atoms with van der Waals surface area (Å²) in [5.41, 5.74) is 3.80. The Labute approximate surface area is 219 Å². The quantitative estimate of drug-likeness (QED) is 0.301.